The summed E-state index contributed by atoms with van der Waals surface area (Å²) in [7, 11) is 0. The molecule has 0 spiro atoms. The number of para-hydroxylation sites is 1. The molecular weight excluding hydrogens is 454 g/mol. The maximum atomic E-state index is 6.36. The summed E-state index contributed by atoms with van der Waals surface area (Å²) < 4.78 is 6.36. The van der Waals surface area contributed by atoms with Crippen LogP contribution >= 0.6 is 0 Å². The van der Waals surface area contributed by atoms with Gasteiger partial charge in [0.05, 0.1) is 5.69 Å². The Kier molecular flexibility index (Phi) is 3.97. The highest BCUT2D eigenvalue weighted by Gasteiger charge is 2.35. The number of hydrogen-bond acceptors (Lipinski definition) is 3. The number of nitrogens with zero attached hydrogens (tertiary/aromatic N) is 3. The molecule has 0 radical (unpaired) electrons. The largest absolute Gasteiger partial charge is 0.456 e. The van der Waals surface area contributed by atoms with Crippen LogP contribution < -0.4 is 0 Å². The second kappa shape index (κ2) is 7.17. The van der Waals surface area contributed by atoms with E-state index in [0.717, 1.165) is 49.8 Å². The molecule has 1 aliphatic carbocycles. The normalized spacial score (nSPS) is 13.9. The molecule has 176 valence electrons. The van der Waals surface area contributed by atoms with Gasteiger partial charge in [-0.25, -0.2) is 0 Å². The molecule has 0 atom stereocenters. The molecule has 0 aliphatic heterocycles. The molecule has 0 amide bonds. The van der Waals surface area contributed by atoms with E-state index in [1.807, 2.05) is 36.4 Å². The fourth-order valence-electron chi connectivity index (χ4n) is 5.92. The molecule has 4 heteroatoms. The van der Waals surface area contributed by atoms with Crippen LogP contribution in [0, 0.1) is 0 Å². The average Bonchev–Trinajstić information content (AvgIpc) is 3.58. The molecule has 0 unspecified atom stereocenters. The van der Waals surface area contributed by atoms with Crippen molar-refractivity contribution in [2.45, 2.75) is 19.3 Å². The quantitative estimate of drug-likeness (QED) is 0.252. The Morgan fingerprint density at radius 2 is 1.32 bits per heavy atom. The average molecular weight is 478 g/mol. The maximum absolute atomic E-state index is 6.36. The van der Waals surface area contributed by atoms with Crippen molar-refractivity contribution in [2.75, 3.05) is 0 Å². The lowest BCUT2D eigenvalue weighted by molar-refractivity contribution is 0.647. The molecule has 5 aromatic carbocycles. The van der Waals surface area contributed by atoms with Gasteiger partial charge in [0.25, 0.3) is 0 Å². The Morgan fingerprint density at radius 3 is 2.22 bits per heavy atom. The molecule has 8 rings (SSSR count). The third-order valence-electron chi connectivity index (χ3n) is 7.87. The summed E-state index contributed by atoms with van der Waals surface area (Å²) in [5.74, 6) is 0. The second-order valence-corrected chi connectivity index (χ2v) is 10.4. The lowest BCUT2D eigenvalue weighted by atomic mass is 9.82. The Hall–Kier alpha value is -4.70. The van der Waals surface area contributed by atoms with Crippen molar-refractivity contribution >= 4 is 33.0 Å². The third-order valence-corrected chi connectivity index (χ3v) is 7.87. The number of fused-ring (bicyclic) bond motifs is 7. The zero-order valence-corrected chi connectivity index (χ0v) is 20.6. The minimum Gasteiger partial charge on any atom is -0.456 e. The molecule has 1 aliphatic rings. The minimum absolute atomic E-state index is 0.0448. The first-order valence-corrected chi connectivity index (χ1v) is 12.6. The van der Waals surface area contributed by atoms with E-state index in [4.69, 9.17) is 9.52 Å². The highest BCUT2D eigenvalue weighted by Crippen LogP contribution is 2.50. The second-order valence-electron chi connectivity index (χ2n) is 10.4. The topological polar surface area (TPSA) is 43.9 Å². The molecule has 4 nitrogen and oxygen atoms in total. The van der Waals surface area contributed by atoms with Gasteiger partial charge in [0.1, 0.15) is 22.2 Å². The van der Waals surface area contributed by atoms with E-state index >= 15 is 0 Å². The molecule has 2 heterocycles. The highest BCUT2D eigenvalue weighted by atomic mass is 16.3. The summed E-state index contributed by atoms with van der Waals surface area (Å²) in [4.78, 5) is 1.70. The van der Waals surface area contributed by atoms with Gasteiger partial charge in [-0.2, -0.15) is 4.80 Å². The standard InChI is InChI=1S/C33H23N3O/c1-33(2)27-11-7-6-10-23(27)24-18-26-25-16-20(13-15-31(25)37-32(26)19-28(24)33)21-12-14-29-30(17-21)35-36(34-29)22-8-4-3-5-9-22/h3-19H,1-2H3. The van der Waals surface area contributed by atoms with Crippen LogP contribution in [0.3, 0.4) is 0 Å². The smallest absolute Gasteiger partial charge is 0.135 e. The van der Waals surface area contributed by atoms with Crippen LogP contribution in [0.2, 0.25) is 0 Å². The van der Waals surface area contributed by atoms with Gasteiger partial charge in [0.2, 0.25) is 0 Å². The summed E-state index contributed by atoms with van der Waals surface area (Å²) >= 11 is 0. The van der Waals surface area contributed by atoms with Gasteiger partial charge >= 0.3 is 0 Å². The molecule has 7 aromatic rings. The molecule has 0 saturated carbocycles. The van der Waals surface area contributed by atoms with Gasteiger partial charge < -0.3 is 4.42 Å². The Bertz CT molecular complexity index is 2010. The van der Waals surface area contributed by atoms with Gasteiger partial charge in [0, 0.05) is 16.2 Å². The van der Waals surface area contributed by atoms with Gasteiger partial charge in [-0.3, -0.25) is 0 Å². The van der Waals surface area contributed by atoms with Crippen LogP contribution in [0.25, 0.3) is 60.9 Å². The van der Waals surface area contributed by atoms with Crippen LogP contribution in [0.15, 0.2) is 108 Å². The van der Waals surface area contributed by atoms with Crippen molar-refractivity contribution in [3.05, 3.63) is 114 Å². The zero-order valence-electron chi connectivity index (χ0n) is 20.6. The van der Waals surface area contributed by atoms with Crippen LogP contribution in [0.4, 0.5) is 0 Å². The van der Waals surface area contributed by atoms with Crippen LogP contribution in [0.1, 0.15) is 25.0 Å². The number of hydrogen-bond donors (Lipinski definition) is 0. The Labute approximate surface area is 213 Å². The fraction of sp³-hybridized carbons (Fsp3) is 0.0909. The predicted molar refractivity (Wildman–Crippen MR) is 149 cm³/mol. The van der Waals surface area contributed by atoms with E-state index in [1.165, 1.54) is 22.3 Å². The van der Waals surface area contributed by atoms with Gasteiger partial charge in [0.15, 0.2) is 0 Å². The summed E-state index contributed by atoms with van der Waals surface area (Å²) in [5, 5.41) is 11.7. The van der Waals surface area contributed by atoms with Crippen molar-refractivity contribution in [3.8, 4) is 27.9 Å². The lowest BCUT2D eigenvalue weighted by Gasteiger charge is -2.21. The van der Waals surface area contributed by atoms with Crippen molar-refractivity contribution in [1.82, 2.24) is 15.0 Å². The first-order valence-electron chi connectivity index (χ1n) is 12.6. The SMILES string of the molecule is CC1(C)c2ccccc2-c2cc3c(cc21)oc1ccc(-c2ccc4nn(-c5ccccc5)nc4c2)cc13. The monoisotopic (exact) mass is 477 g/mol. The van der Waals surface area contributed by atoms with E-state index in [1.54, 1.807) is 4.80 Å². The molecule has 0 bridgehead atoms. The van der Waals surface area contributed by atoms with Gasteiger partial charge in [-0.1, -0.05) is 68.4 Å². The third kappa shape index (κ3) is 2.90. The first kappa shape index (κ1) is 20.5. The van der Waals surface area contributed by atoms with Crippen LogP contribution in [-0.4, -0.2) is 15.0 Å². The van der Waals surface area contributed by atoms with E-state index in [0.29, 0.717) is 0 Å². The van der Waals surface area contributed by atoms with Crippen molar-refractivity contribution < 1.29 is 4.42 Å². The molecule has 37 heavy (non-hydrogen) atoms. The lowest BCUT2D eigenvalue weighted by Crippen LogP contribution is -2.14. The summed E-state index contributed by atoms with van der Waals surface area (Å²) in [5.41, 5.74) is 12.1. The number of furan rings is 1. The summed E-state index contributed by atoms with van der Waals surface area (Å²) in [6.45, 7) is 4.60. The molecular formula is C33H23N3O. The zero-order chi connectivity index (χ0) is 24.7. The Balaban J connectivity index is 1.28. The van der Waals surface area contributed by atoms with Gasteiger partial charge in [-0.05, 0) is 81.9 Å². The van der Waals surface area contributed by atoms with E-state index in [2.05, 4.69) is 85.7 Å². The molecule has 0 N–H and O–H groups in total. The Morgan fingerprint density at radius 1 is 0.595 bits per heavy atom. The number of aromatic nitrogens is 3. The minimum atomic E-state index is -0.0448. The van der Waals surface area contributed by atoms with E-state index in [9.17, 15) is 0 Å². The molecule has 2 aromatic heterocycles. The van der Waals surface area contributed by atoms with Crippen molar-refractivity contribution in [1.29, 1.82) is 0 Å². The predicted octanol–water partition coefficient (Wildman–Crippen LogP) is 8.29. The van der Waals surface area contributed by atoms with E-state index in [-0.39, 0.29) is 5.41 Å². The van der Waals surface area contributed by atoms with E-state index < -0.39 is 0 Å². The highest BCUT2D eigenvalue weighted by molar-refractivity contribution is 6.09. The summed E-state index contributed by atoms with van der Waals surface area (Å²) in [6.07, 6.45) is 0. The molecule has 0 saturated heterocycles. The van der Waals surface area contributed by atoms with Crippen molar-refractivity contribution in [2.24, 2.45) is 0 Å². The number of rotatable bonds is 2. The maximum Gasteiger partial charge on any atom is 0.135 e. The van der Waals surface area contributed by atoms with Crippen molar-refractivity contribution in [3.63, 3.8) is 0 Å². The number of benzene rings is 5. The van der Waals surface area contributed by atoms with Gasteiger partial charge in [-0.15, -0.1) is 10.2 Å². The van der Waals surface area contributed by atoms with Crippen LogP contribution in [-0.2, 0) is 5.41 Å². The summed E-state index contributed by atoms with van der Waals surface area (Å²) in [6, 6.07) is 36.0. The van der Waals surface area contributed by atoms with Crippen LogP contribution in [0.5, 0.6) is 0 Å². The molecule has 0 fully saturated rings. The fourth-order valence-corrected chi connectivity index (χ4v) is 5.92. The first-order chi connectivity index (χ1) is 18.1.